The van der Waals surface area contributed by atoms with Crippen LogP contribution in [0.5, 0.6) is 11.5 Å². The van der Waals surface area contributed by atoms with Crippen molar-refractivity contribution in [3.63, 3.8) is 0 Å². The lowest BCUT2D eigenvalue weighted by atomic mass is 9.92. The van der Waals surface area contributed by atoms with Gasteiger partial charge in [-0.1, -0.05) is 81.0 Å². The van der Waals surface area contributed by atoms with Crippen LogP contribution >= 0.6 is 0 Å². The minimum absolute atomic E-state index is 0. The molecule has 1 fully saturated rings. The molecule has 1 saturated heterocycles. The van der Waals surface area contributed by atoms with E-state index in [1.54, 1.807) is 12.1 Å². The van der Waals surface area contributed by atoms with E-state index in [1.165, 1.54) is 23.7 Å². The minimum atomic E-state index is -0.413. The van der Waals surface area contributed by atoms with Gasteiger partial charge in [0.15, 0.2) is 29.9 Å². The molecule has 338 valence electrons. The number of nitrogens with zero attached hydrogens (tertiary/aromatic N) is 3. The first-order valence-electron chi connectivity index (χ1n) is 20.7. The Bertz CT molecular complexity index is 1480. The Morgan fingerprint density at radius 3 is 2.17 bits per heavy atom. The average molecular weight is 829 g/mol. The zero-order valence-electron chi connectivity index (χ0n) is 38.5. The average Bonchev–Trinajstić information content (AvgIpc) is 3.67. The van der Waals surface area contributed by atoms with E-state index in [9.17, 15) is 9.90 Å². The number of methoxy groups -OCH3 is 1. The number of phenolic OH excluding ortho intramolecular Hbond substituents is 1. The fraction of sp³-hybridized carbons (Fsp3) is 0.553. The van der Waals surface area contributed by atoms with Crippen LogP contribution in [0.2, 0.25) is 0 Å². The molecule has 59 heavy (non-hydrogen) atoms. The number of benzene rings is 2. The summed E-state index contributed by atoms with van der Waals surface area (Å²) in [6.45, 7) is 29.8. The van der Waals surface area contributed by atoms with E-state index in [2.05, 4.69) is 77.2 Å². The zero-order valence-corrected chi connectivity index (χ0v) is 38.5. The monoisotopic (exact) mass is 829 g/mol. The van der Waals surface area contributed by atoms with Crippen molar-refractivity contribution < 1.29 is 29.0 Å². The number of aromatic nitrogens is 1. The molecular weight excluding hydrogens is 745 g/mol. The first kappa shape index (κ1) is 63.7. The maximum absolute atomic E-state index is 12.2. The lowest BCUT2D eigenvalue weighted by molar-refractivity contribution is -0.130. The molecule has 0 saturated carbocycles. The molecule has 1 aliphatic rings. The van der Waals surface area contributed by atoms with Gasteiger partial charge in [0, 0.05) is 56.9 Å². The number of aromatic hydroxyl groups is 1. The van der Waals surface area contributed by atoms with Gasteiger partial charge in [0.05, 0.1) is 18.2 Å². The number of ether oxygens (including phenoxy) is 1. The molecule has 4 N–H and O–H groups in total. The summed E-state index contributed by atoms with van der Waals surface area (Å²) in [6.07, 6.45) is 10.0. The number of carbonyl (C=O) groups is 4. The normalized spacial score (nSPS) is 13.3. The summed E-state index contributed by atoms with van der Waals surface area (Å²) in [4.78, 5) is 44.5. The smallest absolute Gasteiger partial charge is 0.182 e. The molecule has 1 atom stereocenters. The van der Waals surface area contributed by atoms with Gasteiger partial charge in [0.2, 0.25) is 0 Å². The zero-order chi connectivity index (χ0) is 45.4. The van der Waals surface area contributed by atoms with Gasteiger partial charge >= 0.3 is 0 Å². The number of phenols is 1. The first-order chi connectivity index (χ1) is 28.1. The molecule has 12 nitrogen and oxygen atoms in total. The van der Waals surface area contributed by atoms with E-state index in [1.807, 2.05) is 99.5 Å². The number of ketones is 1. The second kappa shape index (κ2) is 43.1. The molecule has 0 bridgehead atoms. The van der Waals surface area contributed by atoms with Crippen LogP contribution in [-0.2, 0) is 25.7 Å². The lowest BCUT2D eigenvalue weighted by Gasteiger charge is -2.34. The third-order valence-electron chi connectivity index (χ3n) is 8.39. The summed E-state index contributed by atoms with van der Waals surface area (Å²) in [6, 6.07) is 13.9. The molecule has 0 radical (unpaired) electrons. The fourth-order valence-corrected chi connectivity index (χ4v) is 5.40. The van der Waals surface area contributed by atoms with Gasteiger partial charge < -0.3 is 30.2 Å². The molecule has 0 amide bonds. The number of allylic oxidation sites excluding steroid dienone is 1. The van der Waals surface area contributed by atoms with E-state index >= 15 is 0 Å². The second-order valence-corrected chi connectivity index (χ2v) is 12.0. The number of hydrazine groups is 1. The molecule has 2 heterocycles. The van der Waals surface area contributed by atoms with Crippen LogP contribution < -0.4 is 25.7 Å². The molecule has 3 aromatic rings. The molecule has 12 heteroatoms. The van der Waals surface area contributed by atoms with Gasteiger partial charge in [-0.2, -0.15) is 0 Å². The SMILES string of the molecule is C.C=O.CC.CC.CC.CC=CCNCC.CCC(=O)[C@@]1(C)CCCN1NCc1ccc(OC)c(O)c1.CNCCCN(C)c1ccc2nccc(C)c2c1.O=CC=O. The number of hydrogen-bond acceptors (Lipinski definition) is 12. The van der Waals surface area contributed by atoms with Crippen molar-refractivity contribution in [2.75, 3.05) is 58.8 Å². The molecule has 4 rings (SSSR count). The number of Topliss-reactive ketones (excluding diaryl/α,β-unsaturated/α-hetero) is 1. The summed E-state index contributed by atoms with van der Waals surface area (Å²) in [5, 5.41) is 19.4. The van der Waals surface area contributed by atoms with Gasteiger partial charge in [0.1, 0.15) is 6.79 Å². The standard InChI is InChI=1S/C16H24N2O3.C15H21N3.C6H13N.C2H2O2.3C2H6.CH2O.CH4/c1-4-15(20)16(2)8-5-9-18(16)17-11-12-6-7-14(21-3)13(19)10-12;1-12-7-9-17-15-6-5-13(11-14(12)15)18(3)10-4-8-16-2;1-3-5-6-7-4-2;3-1-2-4;4*1-2;/h6-7,10,17,19H,4-5,8-9,11H2,1-3H3;5-7,9,11,16H,4,8,10H2,1-3H3;3,5,7H,4,6H2,1-2H3;1-2H;3*1-2H3;1H2;1H4/t16-;;;;;;;;/m1......../s1. The molecule has 1 aliphatic heterocycles. The topological polar surface area (TPSA) is 153 Å². The second-order valence-electron chi connectivity index (χ2n) is 12.0. The van der Waals surface area contributed by atoms with E-state index in [-0.39, 0.29) is 31.5 Å². The number of aryl methyl sites for hydroxylation is 1. The number of carbonyl (C=O) groups excluding carboxylic acids is 4. The van der Waals surface area contributed by atoms with Gasteiger partial charge in [-0.3, -0.25) is 19.4 Å². The number of rotatable bonds is 15. The summed E-state index contributed by atoms with van der Waals surface area (Å²) in [5.74, 6) is 0.863. The molecular formula is C47H84N6O6. The number of anilines is 1. The van der Waals surface area contributed by atoms with Gasteiger partial charge in [-0.25, -0.2) is 10.4 Å². The predicted octanol–water partition coefficient (Wildman–Crippen LogP) is 8.91. The van der Waals surface area contributed by atoms with Crippen molar-refractivity contribution in [1.82, 2.24) is 26.1 Å². The Balaban J connectivity index is -0.000000231. The van der Waals surface area contributed by atoms with Crippen LogP contribution in [0.15, 0.2) is 60.8 Å². The summed E-state index contributed by atoms with van der Waals surface area (Å²) in [7, 11) is 5.66. The molecule has 1 aromatic heterocycles. The minimum Gasteiger partial charge on any atom is -0.504 e. The van der Waals surface area contributed by atoms with E-state index < -0.39 is 5.54 Å². The van der Waals surface area contributed by atoms with Crippen molar-refractivity contribution in [3.05, 3.63) is 71.9 Å². The van der Waals surface area contributed by atoms with E-state index in [0.29, 0.717) is 18.7 Å². The third-order valence-corrected chi connectivity index (χ3v) is 8.39. The fourth-order valence-electron chi connectivity index (χ4n) is 5.40. The van der Waals surface area contributed by atoms with Crippen LogP contribution in [0.4, 0.5) is 5.69 Å². The van der Waals surface area contributed by atoms with Gasteiger partial charge in [-0.15, -0.1) is 0 Å². The van der Waals surface area contributed by atoms with Gasteiger partial charge in [0.25, 0.3) is 0 Å². The van der Waals surface area contributed by atoms with Crippen LogP contribution in [0.1, 0.15) is 113 Å². The highest BCUT2D eigenvalue weighted by atomic mass is 16.5. The van der Waals surface area contributed by atoms with Crippen molar-refractivity contribution in [3.8, 4) is 11.5 Å². The highest BCUT2D eigenvalue weighted by molar-refractivity contribution is 6.09. The quantitative estimate of drug-likeness (QED) is 0.0501. The largest absolute Gasteiger partial charge is 0.504 e. The number of fused-ring (bicyclic) bond motifs is 1. The lowest BCUT2D eigenvalue weighted by Crippen LogP contribution is -2.53. The van der Waals surface area contributed by atoms with E-state index in [0.717, 1.165) is 63.1 Å². The van der Waals surface area contributed by atoms with Crippen LogP contribution in [0.25, 0.3) is 10.9 Å². The van der Waals surface area contributed by atoms with Gasteiger partial charge in [-0.05, 0) is 108 Å². The Morgan fingerprint density at radius 1 is 1.03 bits per heavy atom. The number of aldehydes is 2. The first-order valence-corrected chi connectivity index (χ1v) is 20.7. The van der Waals surface area contributed by atoms with Crippen molar-refractivity contribution in [2.24, 2.45) is 0 Å². The number of pyridine rings is 1. The van der Waals surface area contributed by atoms with Crippen molar-refractivity contribution >= 4 is 41.7 Å². The van der Waals surface area contributed by atoms with Crippen LogP contribution in [-0.4, -0.2) is 99.7 Å². The molecule has 0 aliphatic carbocycles. The Morgan fingerprint density at radius 2 is 1.66 bits per heavy atom. The van der Waals surface area contributed by atoms with Crippen molar-refractivity contribution in [2.45, 2.75) is 121 Å². The van der Waals surface area contributed by atoms with Crippen LogP contribution in [0, 0.1) is 6.92 Å². The number of likely N-dealkylation sites (N-methyl/N-ethyl adjacent to an activating group) is 1. The van der Waals surface area contributed by atoms with E-state index in [4.69, 9.17) is 19.1 Å². The Labute approximate surface area is 359 Å². The highest BCUT2D eigenvalue weighted by Gasteiger charge is 2.41. The number of hydrogen-bond donors (Lipinski definition) is 4. The maximum Gasteiger partial charge on any atom is 0.182 e. The molecule has 0 spiro atoms. The molecule has 0 unspecified atom stereocenters. The third kappa shape index (κ3) is 26.3. The summed E-state index contributed by atoms with van der Waals surface area (Å²) in [5.41, 5.74) is 7.48. The highest BCUT2D eigenvalue weighted by Crippen LogP contribution is 2.30. The Kier molecular flexibility index (Phi) is 46.5. The Hall–Kier alpha value is -4.49. The summed E-state index contributed by atoms with van der Waals surface area (Å²) < 4.78 is 5.03. The maximum atomic E-state index is 12.2. The summed E-state index contributed by atoms with van der Waals surface area (Å²) >= 11 is 0. The predicted molar refractivity (Wildman–Crippen MR) is 253 cm³/mol. The van der Waals surface area contributed by atoms with Crippen molar-refractivity contribution in [1.29, 1.82) is 0 Å². The van der Waals surface area contributed by atoms with Crippen LogP contribution in [0.3, 0.4) is 0 Å². The molecule has 2 aromatic carbocycles. The number of nitrogens with one attached hydrogen (secondary N) is 3.